The Morgan fingerprint density at radius 2 is 1.74 bits per heavy atom. The molecule has 0 bridgehead atoms. The Morgan fingerprint density at radius 3 is 2.35 bits per heavy atom. The zero-order valence-electron chi connectivity index (χ0n) is 20.0. The second kappa shape index (κ2) is 14.5. The average Bonchev–Trinajstić information content (AvgIpc) is 2.82. The lowest BCUT2D eigenvalue weighted by atomic mass is 10.0. The number of halogens is 1. The number of aromatic hydroxyl groups is 1. The van der Waals surface area contributed by atoms with Gasteiger partial charge in [0, 0.05) is 17.0 Å². The molecule has 0 fully saturated rings. The van der Waals surface area contributed by atoms with Crippen LogP contribution < -0.4 is 9.47 Å². The van der Waals surface area contributed by atoms with Crippen LogP contribution in [-0.4, -0.2) is 37.5 Å². The van der Waals surface area contributed by atoms with E-state index >= 15 is 0 Å². The highest BCUT2D eigenvalue weighted by molar-refractivity contribution is 9.10. The van der Waals surface area contributed by atoms with Gasteiger partial charge in [-0.3, -0.25) is 0 Å². The van der Waals surface area contributed by atoms with Gasteiger partial charge >= 0.3 is 5.97 Å². The predicted octanol–water partition coefficient (Wildman–Crippen LogP) is 6.28. The minimum Gasteiger partial charge on any atom is -0.507 e. The molecule has 0 saturated carbocycles. The van der Waals surface area contributed by atoms with E-state index in [1.54, 1.807) is 13.2 Å². The zero-order valence-corrected chi connectivity index (χ0v) is 21.6. The summed E-state index contributed by atoms with van der Waals surface area (Å²) in [5, 5.41) is 10.2. The van der Waals surface area contributed by atoms with Gasteiger partial charge in [0.25, 0.3) is 0 Å². The fourth-order valence-electron chi connectivity index (χ4n) is 3.50. The Bertz CT molecular complexity index is 928. The third-order valence-electron chi connectivity index (χ3n) is 5.42. The molecular weight excluding hydrogens is 500 g/mol. The second-order valence-corrected chi connectivity index (χ2v) is 8.88. The van der Waals surface area contributed by atoms with Crippen molar-refractivity contribution in [3.8, 4) is 29.6 Å². The molecule has 0 aromatic heterocycles. The molecule has 0 saturated heterocycles. The van der Waals surface area contributed by atoms with Crippen LogP contribution in [0.5, 0.6) is 17.2 Å². The van der Waals surface area contributed by atoms with E-state index < -0.39 is 5.97 Å². The number of rotatable bonds is 14. The summed E-state index contributed by atoms with van der Waals surface area (Å²) < 4.78 is 22.4. The number of hydrogen-bond donors (Lipinski definition) is 1. The van der Waals surface area contributed by atoms with Crippen LogP contribution >= 0.6 is 15.9 Å². The number of carbonyl (C=O) groups is 1. The highest BCUT2D eigenvalue weighted by atomic mass is 79.9. The van der Waals surface area contributed by atoms with Crippen molar-refractivity contribution in [2.45, 2.75) is 64.3 Å². The van der Waals surface area contributed by atoms with Crippen molar-refractivity contribution in [1.29, 1.82) is 0 Å². The van der Waals surface area contributed by atoms with Crippen molar-refractivity contribution < 1.29 is 28.8 Å². The summed E-state index contributed by atoms with van der Waals surface area (Å²) in [5.41, 5.74) is 1.16. The number of hydrogen-bond acceptors (Lipinski definition) is 6. The topological polar surface area (TPSA) is 74.2 Å². The monoisotopic (exact) mass is 532 g/mol. The van der Waals surface area contributed by atoms with E-state index in [9.17, 15) is 9.90 Å². The van der Waals surface area contributed by atoms with Crippen LogP contribution in [0.3, 0.4) is 0 Å². The van der Waals surface area contributed by atoms with Crippen LogP contribution in [0.1, 0.15) is 61.4 Å². The van der Waals surface area contributed by atoms with Crippen molar-refractivity contribution in [2.24, 2.45) is 0 Å². The van der Waals surface area contributed by atoms with Gasteiger partial charge < -0.3 is 24.1 Å². The number of terminal acetylenes is 1. The molecule has 2 atom stereocenters. The van der Waals surface area contributed by atoms with Crippen LogP contribution in [0, 0.1) is 12.3 Å². The van der Waals surface area contributed by atoms with Gasteiger partial charge in [-0.05, 0) is 78.7 Å². The molecule has 0 spiro atoms. The molecular formula is C27H33BrO6. The van der Waals surface area contributed by atoms with Gasteiger partial charge in [-0.1, -0.05) is 12.1 Å². The highest BCUT2D eigenvalue weighted by Crippen LogP contribution is 2.32. The Kier molecular flexibility index (Phi) is 11.8. The number of carbonyl (C=O) groups excluding carboxylic acids is 1. The third kappa shape index (κ3) is 8.92. The fourth-order valence-corrected chi connectivity index (χ4v) is 4.09. The van der Waals surface area contributed by atoms with Gasteiger partial charge in [-0.25, -0.2) is 4.79 Å². The van der Waals surface area contributed by atoms with Crippen LogP contribution in [0.2, 0.25) is 0 Å². The quantitative estimate of drug-likeness (QED) is 0.175. The molecule has 0 radical (unpaired) electrons. The summed E-state index contributed by atoms with van der Waals surface area (Å²) in [6.45, 7) is 2.36. The normalized spacial score (nSPS) is 12.4. The number of phenols is 1. The molecule has 0 heterocycles. The van der Waals surface area contributed by atoms with Crippen LogP contribution in [0.25, 0.3) is 0 Å². The summed E-state index contributed by atoms with van der Waals surface area (Å²) >= 11 is 3.30. The first kappa shape index (κ1) is 27.6. The smallest absolute Gasteiger partial charge is 0.343 e. The Hall–Kier alpha value is -2.69. The average molecular weight is 533 g/mol. The first-order valence-corrected chi connectivity index (χ1v) is 12.1. The number of benzene rings is 2. The lowest BCUT2D eigenvalue weighted by Gasteiger charge is -2.19. The standard InChI is InChI=1S/C27H33BrO6/c1-5-6-7-10-22(33-18-20-12-14-21(31-3)15-13-20)11-8-9-19(2)34-27(30)26-24(28)16-23(32-4)17-25(26)29/h1,12-17,19,22,29H,6-11,18H2,2-4H3. The molecule has 1 N–H and O–H groups in total. The first-order chi connectivity index (χ1) is 16.4. The highest BCUT2D eigenvalue weighted by Gasteiger charge is 2.21. The maximum absolute atomic E-state index is 12.6. The molecule has 0 aliphatic heterocycles. The largest absolute Gasteiger partial charge is 0.507 e. The van der Waals surface area contributed by atoms with Crippen molar-refractivity contribution in [3.63, 3.8) is 0 Å². The van der Waals surface area contributed by atoms with E-state index in [-0.39, 0.29) is 23.5 Å². The Labute approximate surface area is 210 Å². The van der Waals surface area contributed by atoms with Gasteiger partial charge in [0.15, 0.2) is 0 Å². The fraction of sp³-hybridized carbons (Fsp3) is 0.444. The minimum atomic E-state index is -0.583. The number of methoxy groups -OCH3 is 2. The Morgan fingerprint density at radius 1 is 1.06 bits per heavy atom. The summed E-state index contributed by atoms with van der Waals surface area (Å²) in [6, 6.07) is 10.8. The van der Waals surface area contributed by atoms with Crippen molar-refractivity contribution in [1.82, 2.24) is 0 Å². The number of esters is 1. The third-order valence-corrected chi connectivity index (χ3v) is 6.05. The molecule has 2 rings (SSSR count). The summed E-state index contributed by atoms with van der Waals surface area (Å²) in [7, 11) is 3.13. The lowest BCUT2D eigenvalue weighted by Crippen LogP contribution is -2.18. The summed E-state index contributed by atoms with van der Waals surface area (Å²) in [5.74, 6) is 3.16. The molecule has 0 amide bonds. The van der Waals surface area contributed by atoms with Gasteiger partial charge in [0.2, 0.25) is 0 Å². The van der Waals surface area contributed by atoms with Gasteiger partial charge in [0.05, 0.1) is 33.0 Å². The van der Waals surface area contributed by atoms with Gasteiger partial charge in [-0.15, -0.1) is 12.3 Å². The van der Waals surface area contributed by atoms with Gasteiger partial charge in [-0.2, -0.15) is 0 Å². The van der Waals surface area contributed by atoms with E-state index in [0.29, 0.717) is 23.2 Å². The van der Waals surface area contributed by atoms with Crippen molar-refractivity contribution in [2.75, 3.05) is 14.2 Å². The predicted molar refractivity (Wildman–Crippen MR) is 135 cm³/mol. The minimum absolute atomic E-state index is 0.0677. The SMILES string of the molecule is C#CCCCC(CCCC(C)OC(=O)c1c(O)cc(OC)cc1Br)OCc1ccc(OC)cc1. The van der Waals surface area contributed by atoms with Crippen molar-refractivity contribution in [3.05, 3.63) is 52.0 Å². The number of ether oxygens (including phenoxy) is 4. The second-order valence-electron chi connectivity index (χ2n) is 8.03. The van der Waals surface area contributed by atoms with Crippen LogP contribution in [-0.2, 0) is 16.1 Å². The molecule has 184 valence electrons. The lowest BCUT2D eigenvalue weighted by molar-refractivity contribution is 0.0186. The first-order valence-electron chi connectivity index (χ1n) is 11.3. The van der Waals surface area contributed by atoms with E-state index in [0.717, 1.165) is 43.4 Å². The maximum Gasteiger partial charge on any atom is 0.343 e. The molecule has 0 aliphatic rings. The molecule has 34 heavy (non-hydrogen) atoms. The maximum atomic E-state index is 12.6. The molecule has 2 unspecified atom stereocenters. The van der Waals surface area contributed by atoms with E-state index in [1.807, 2.05) is 31.2 Å². The van der Waals surface area contributed by atoms with E-state index in [4.69, 9.17) is 25.4 Å². The van der Waals surface area contributed by atoms with Crippen LogP contribution in [0.15, 0.2) is 40.9 Å². The van der Waals surface area contributed by atoms with Crippen molar-refractivity contribution >= 4 is 21.9 Å². The van der Waals surface area contributed by atoms with Crippen LogP contribution in [0.4, 0.5) is 0 Å². The zero-order chi connectivity index (χ0) is 24.9. The molecule has 0 aliphatic carbocycles. The number of unbranched alkanes of at least 4 members (excludes halogenated alkanes) is 1. The summed E-state index contributed by atoms with van der Waals surface area (Å²) in [6.07, 6.45) is 9.99. The number of phenolic OH excluding ortho intramolecular Hbond substituents is 1. The molecule has 6 nitrogen and oxygen atoms in total. The summed E-state index contributed by atoms with van der Waals surface area (Å²) in [4.78, 5) is 12.6. The van der Waals surface area contributed by atoms with E-state index in [2.05, 4.69) is 21.9 Å². The molecule has 2 aromatic rings. The van der Waals surface area contributed by atoms with E-state index in [1.165, 1.54) is 13.2 Å². The molecule has 2 aromatic carbocycles. The Balaban J connectivity index is 1.85. The van der Waals surface area contributed by atoms with Gasteiger partial charge in [0.1, 0.15) is 22.8 Å². The molecule has 7 heteroatoms.